The Morgan fingerprint density at radius 2 is 2.15 bits per heavy atom. The van der Waals surface area contributed by atoms with Gasteiger partial charge in [-0.2, -0.15) is 0 Å². The van der Waals surface area contributed by atoms with E-state index in [1.54, 1.807) is 6.07 Å². The zero-order valence-electron chi connectivity index (χ0n) is 7.30. The van der Waals surface area contributed by atoms with Gasteiger partial charge >= 0.3 is 0 Å². The van der Waals surface area contributed by atoms with Gasteiger partial charge in [-0.25, -0.2) is 0 Å². The Morgan fingerprint density at radius 3 is 2.62 bits per heavy atom. The Hall–Kier alpha value is -0.780. The molecule has 0 amide bonds. The van der Waals surface area contributed by atoms with Crippen LogP contribution in [0.5, 0.6) is 11.5 Å². The predicted octanol–water partition coefficient (Wildman–Crippen LogP) is 2.21. The molecule has 0 aliphatic carbocycles. The molecule has 0 unspecified atom stereocenters. The Bertz CT molecular complexity index is 347. The number of ketones is 1. The molecule has 1 N–H and O–H groups in total. The lowest BCUT2D eigenvalue weighted by atomic mass is 10.1. The van der Waals surface area contributed by atoms with Gasteiger partial charge in [0.25, 0.3) is 0 Å². The number of rotatable bonds is 2. The molecule has 0 aliphatic rings. The molecular formula is C9H9IO3. The van der Waals surface area contributed by atoms with Crippen LogP contribution >= 0.6 is 22.6 Å². The Balaban J connectivity index is 3.33. The average Bonchev–Trinajstić information content (AvgIpc) is 2.08. The van der Waals surface area contributed by atoms with Crippen molar-refractivity contribution >= 4 is 28.4 Å². The number of methoxy groups -OCH3 is 1. The zero-order valence-corrected chi connectivity index (χ0v) is 9.45. The van der Waals surface area contributed by atoms with Gasteiger partial charge in [0.2, 0.25) is 0 Å². The van der Waals surface area contributed by atoms with Crippen molar-refractivity contribution in [3.8, 4) is 11.5 Å². The Morgan fingerprint density at radius 1 is 1.54 bits per heavy atom. The molecule has 13 heavy (non-hydrogen) atoms. The van der Waals surface area contributed by atoms with E-state index in [1.165, 1.54) is 20.1 Å². The van der Waals surface area contributed by atoms with Gasteiger partial charge in [0.05, 0.1) is 16.2 Å². The maximum absolute atomic E-state index is 11.1. The highest BCUT2D eigenvalue weighted by Gasteiger charge is 2.11. The number of benzene rings is 1. The lowest BCUT2D eigenvalue weighted by Gasteiger charge is -2.07. The van der Waals surface area contributed by atoms with Crippen LogP contribution in [0.15, 0.2) is 12.1 Å². The first-order valence-corrected chi connectivity index (χ1v) is 4.71. The van der Waals surface area contributed by atoms with E-state index in [2.05, 4.69) is 0 Å². The van der Waals surface area contributed by atoms with Crippen LogP contribution in [-0.2, 0) is 0 Å². The number of hydrogen-bond donors (Lipinski definition) is 1. The monoisotopic (exact) mass is 292 g/mol. The predicted molar refractivity (Wildman–Crippen MR) is 57.4 cm³/mol. The molecular weight excluding hydrogens is 283 g/mol. The zero-order chi connectivity index (χ0) is 10.0. The molecule has 0 bridgehead atoms. The highest BCUT2D eigenvalue weighted by molar-refractivity contribution is 14.1. The number of carbonyl (C=O) groups excluding carboxylic acids is 1. The summed E-state index contributed by atoms with van der Waals surface area (Å²) in [4.78, 5) is 11.1. The third-order valence-electron chi connectivity index (χ3n) is 1.65. The fourth-order valence-electron chi connectivity index (χ4n) is 0.987. The fraction of sp³-hybridized carbons (Fsp3) is 0.222. The summed E-state index contributed by atoms with van der Waals surface area (Å²) in [6.45, 7) is 1.46. The third-order valence-corrected chi connectivity index (χ3v) is 2.51. The van der Waals surface area contributed by atoms with Crippen LogP contribution in [0.1, 0.15) is 17.3 Å². The number of phenolic OH excluding ortho intramolecular Hbond substituents is 1. The number of halogens is 1. The smallest absolute Gasteiger partial charge is 0.163 e. The van der Waals surface area contributed by atoms with Gasteiger partial charge in [0.1, 0.15) is 11.5 Å². The fourth-order valence-corrected chi connectivity index (χ4v) is 1.45. The molecule has 70 valence electrons. The largest absolute Gasteiger partial charge is 0.507 e. The van der Waals surface area contributed by atoms with Crippen molar-refractivity contribution in [3.63, 3.8) is 0 Å². The first kappa shape index (κ1) is 10.3. The second-order valence-electron chi connectivity index (χ2n) is 2.56. The molecule has 0 fully saturated rings. The van der Waals surface area contributed by atoms with E-state index < -0.39 is 0 Å². The summed E-state index contributed by atoms with van der Waals surface area (Å²) in [7, 11) is 1.47. The van der Waals surface area contributed by atoms with Crippen molar-refractivity contribution < 1.29 is 14.6 Å². The molecule has 3 nitrogen and oxygen atoms in total. The van der Waals surface area contributed by atoms with E-state index in [1.807, 2.05) is 22.6 Å². The topological polar surface area (TPSA) is 46.5 Å². The van der Waals surface area contributed by atoms with Crippen molar-refractivity contribution in [1.29, 1.82) is 0 Å². The molecule has 0 aromatic heterocycles. The van der Waals surface area contributed by atoms with Gasteiger partial charge in [-0.1, -0.05) is 0 Å². The van der Waals surface area contributed by atoms with Gasteiger partial charge in [-0.15, -0.1) is 0 Å². The summed E-state index contributed by atoms with van der Waals surface area (Å²) < 4.78 is 5.60. The molecule has 0 saturated heterocycles. The van der Waals surface area contributed by atoms with Crippen LogP contribution in [0.25, 0.3) is 0 Å². The van der Waals surface area contributed by atoms with Gasteiger partial charge in [0, 0.05) is 6.07 Å². The molecule has 0 aliphatic heterocycles. The van der Waals surface area contributed by atoms with Gasteiger partial charge in [-0.3, -0.25) is 4.79 Å². The minimum Gasteiger partial charge on any atom is -0.507 e. The molecule has 1 rings (SSSR count). The standard InChI is InChI=1S/C9H9IO3/c1-5(11)6-3-7(10)8(12)4-9(6)13-2/h3-4,12H,1-2H3. The lowest BCUT2D eigenvalue weighted by Crippen LogP contribution is -1.98. The van der Waals surface area contributed by atoms with Crippen LogP contribution in [0.4, 0.5) is 0 Å². The number of aromatic hydroxyl groups is 1. The number of carbonyl (C=O) groups is 1. The van der Waals surface area contributed by atoms with Crippen LogP contribution in [0.3, 0.4) is 0 Å². The molecule has 0 spiro atoms. The summed E-state index contributed by atoms with van der Waals surface area (Å²) in [5, 5.41) is 9.34. The number of hydrogen-bond acceptors (Lipinski definition) is 3. The highest BCUT2D eigenvalue weighted by atomic mass is 127. The SMILES string of the molecule is COc1cc(O)c(I)cc1C(C)=O. The maximum atomic E-state index is 11.1. The minimum absolute atomic E-state index is 0.0743. The summed E-state index contributed by atoms with van der Waals surface area (Å²) >= 11 is 1.96. The Labute approximate surface area is 89.9 Å². The number of ether oxygens (including phenoxy) is 1. The summed E-state index contributed by atoms with van der Waals surface area (Å²) in [6, 6.07) is 3.05. The number of Topliss-reactive ketones (excluding diaryl/α,β-unsaturated/α-hetero) is 1. The lowest BCUT2D eigenvalue weighted by molar-refractivity contribution is 0.101. The summed E-state index contributed by atoms with van der Waals surface area (Å²) in [5.41, 5.74) is 0.490. The third kappa shape index (κ3) is 2.12. The van der Waals surface area contributed by atoms with Crippen molar-refractivity contribution in [2.24, 2.45) is 0 Å². The molecule has 1 aromatic rings. The van der Waals surface area contributed by atoms with Crippen LogP contribution in [0.2, 0.25) is 0 Å². The van der Waals surface area contributed by atoms with Crippen molar-refractivity contribution in [1.82, 2.24) is 0 Å². The quantitative estimate of drug-likeness (QED) is 0.671. The van der Waals surface area contributed by atoms with E-state index in [0.717, 1.165) is 0 Å². The van der Waals surface area contributed by atoms with E-state index >= 15 is 0 Å². The molecule has 0 heterocycles. The van der Waals surface area contributed by atoms with E-state index in [-0.39, 0.29) is 11.5 Å². The molecule has 0 atom stereocenters. The molecule has 0 saturated carbocycles. The van der Waals surface area contributed by atoms with Crippen molar-refractivity contribution in [3.05, 3.63) is 21.3 Å². The molecule has 0 radical (unpaired) electrons. The van der Waals surface area contributed by atoms with E-state index in [0.29, 0.717) is 14.9 Å². The summed E-state index contributed by atoms with van der Waals surface area (Å²) in [6.07, 6.45) is 0. The first-order chi connectivity index (χ1) is 6.06. The van der Waals surface area contributed by atoms with Gasteiger partial charge in [0.15, 0.2) is 5.78 Å². The Kier molecular flexibility index (Phi) is 3.13. The average molecular weight is 292 g/mol. The van der Waals surface area contributed by atoms with Crippen molar-refractivity contribution in [2.75, 3.05) is 7.11 Å². The molecule has 4 heteroatoms. The second kappa shape index (κ2) is 3.95. The summed E-state index contributed by atoms with van der Waals surface area (Å²) in [5.74, 6) is 0.461. The number of phenols is 1. The highest BCUT2D eigenvalue weighted by Crippen LogP contribution is 2.29. The van der Waals surface area contributed by atoms with Crippen LogP contribution in [-0.4, -0.2) is 18.0 Å². The normalized spacial score (nSPS) is 9.77. The second-order valence-corrected chi connectivity index (χ2v) is 3.72. The minimum atomic E-state index is -0.0743. The van der Waals surface area contributed by atoms with E-state index in [9.17, 15) is 9.90 Å². The van der Waals surface area contributed by atoms with Gasteiger partial charge in [-0.05, 0) is 35.6 Å². The first-order valence-electron chi connectivity index (χ1n) is 3.63. The van der Waals surface area contributed by atoms with Crippen molar-refractivity contribution in [2.45, 2.75) is 6.92 Å². The van der Waals surface area contributed by atoms with Crippen LogP contribution in [0, 0.1) is 3.57 Å². The van der Waals surface area contributed by atoms with Crippen LogP contribution < -0.4 is 4.74 Å². The maximum Gasteiger partial charge on any atom is 0.163 e. The molecule has 1 aromatic carbocycles. The van der Waals surface area contributed by atoms with E-state index in [4.69, 9.17) is 4.74 Å². The van der Waals surface area contributed by atoms with Gasteiger partial charge < -0.3 is 9.84 Å².